The van der Waals surface area contributed by atoms with Gasteiger partial charge in [-0.1, -0.05) is 12.8 Å². The van der Waals surface area contributed by atoms with Crippen LogP contribution in [-0.4, -0.2) is 52.6 Å². The van der Waals surface area contributed by atoms with Crippen LogP contribution >= 0.6 is 0 Å². The molecule has 1 spiro atoms. The first-order valence-electron chi connectivity index (χ1n) is 11.1. The minimum atomic E-state index is 0.263. The predicted molar refractivity (Wildman–Crippen MR) is 119 cm³/mol. The summed E-state index contributed by atoms with van der Waals surface area (Å²) in [6.45, 7) is 6.29. The number of rotatable bonds is 9. The monoisotopic (exact) mass is 419 g/mol. The maximum Gasteiger partial charge on any atom is 0.203 e. The highest BCUT2D eigenvalue weighted by atomic mass is 16.5. The summed E-state index contributed by atoms with van der Waals surface area (Å²) in [7, 11) is 4.86. The second-order valence-corrected chi connectivity index (χ2v) is 8.05. The molecule has 0 bridgehead atoms. The fourth-order valence-corrected chi connectivity index (χ4v) is 4.97. The molecule has 2 aliphatic rings. The van der Waals surface area contributed by atoms with Crippen LogP contribution in [0.1, 0.15) is 51.5 Å². The molecule has 2 fully saturated rings. The lowest BCUT2D eigenvalue weighted by Gasteiger charge is -2.54. The van der Waals surface area contributed by atoms with Crippen molar-refractivity contribution in [2.24, 2.45) is 10.4 Å². The molecule has 2 atom stereocenters. The van der Waals surface area contributed by atoms with Gasteiger partial charge in [-0.3, -0.25) is 0 Å². The first-order valence-corrected chi connectivity index (χ1v) is 11.1. The summed E-state index contributed by atoms with van der Waals surface area (Å²) in [4.78, 5) is 4.84. The Labute approximate surface area is 180 Å². The third kappa shape index (κ3) is 4.46. The van der Waals surface area contributed by atoms with Crippen LogP contribution in [0.15, 0.2) is 17.1 Å². The van der Waals surface area contributed by atoms with Crippen molar-refractivity contribution in [2.75, 3.05) is 34.5 Å². The van der Waals surface area contributed by atoms with Crippen molar-refractivity contribution in [1.29, 1.82) is 0 Å². The molecule has 2 unspecified atom stereocenters. The van der Waals surface area contributed by atoms with E-state index in [-0.39, 0.29) is 5.41 Å². The maximum atomic E-state index is 6.05. The average Bonchev–Trinajstić information content (AvgIpc) is 3.29. The van der Waals surface area contributed by atoms with Crippen LogP contribution < -0.4 is 24.8 Å². The number of nitrogens with one attached hydrogen (secondary N) is 2. The number of aliphatic imine (C=N–C) groups is 1. The van der Waals surface area contributed by atoms with Gasteiger partial charge in [0.1, 0.15) is 0 Å². The molecule has 168 valence electrons. The van der Waals surface area contributed by atoms with E-state index >= 15 is 0 Å². The second kappa shape index (κ2) is 10.2. The molecule has 0 radical (unpaired) electrons. The van der Waals surface area contributed by atoms with Gasteiger partial charge >= 0.3 is 0 Å². The van der Waals surface area contributed by atoms with Gasteiger partial charge in [0.05, 0.1) is 34.0 Å². The highest BCUT2D eigenvalue weighted by Gasteiger charge is 2.56. The first-order chi connectivity index (χ1) is 14.6. The topological polar surface area (TPSA) is 73.3 Å². The standard InChI is InChI=1S/C23H37N3O4/c1-6-24-22(26-19-14-20(30-7-2)23(19)10-8-9-11-23)25-15-16-12-17(27-3)21(29-5)18(13-16)28-4/h12-13,19-20H,6-11,14-15H2,1-5H3,(H2,24,25,26). The summed E-state index contributed by atoms with van der Waals surface area (Å²) in [5.74, 6) is 2.72. The Morgan fingerprint density at radius 1 is 1.07 bits per heavy atom. The minimum Gasteiger partial charge on any atom is -0.493 e. The lowest BCUT2D eigenvalue weighted by Crippen LogP contribution is -2.65. The molecule has 30 heavy (non-hydrogen) atoms. The van der Waals surface area contributed by atoms with Gasteiger partial charge in [-0.25, -0.2) is 4.99 Å². The van der Waals surface area contributed by atoms with Crippen LogP contribution in [0.5, 0.6) is 17.2 Å². The molecule has 2 N–H and O–H groups in total. The van der Waals surface area contributed by atoms with Crippen molar-refractivity contribution >= 4 is 5.96 Å². The Kier molecular flexibility index (Phi) is 7.69. The summed E-state index contributed by atoms with van der Waals surface area (Å²) in [5, 5.41) is 7.09. The number of nitrogens with zero attached hydrogens (tertiary/aromatic N) is 1. The van der Waals surface area contributed by atoms with E-state index < -0.39 is 0 Å². The van der Waals surface area contributed by atoms with Crippen LogP contribution in [0.3, 0.4) is 0 Å². The summed E-state index contributed by atoms with van der Waals surface area (Å²) in [5.41, 5.74) is 1.26. The fourth-order valence-electron chi connectivity index (χ4n) is 4.97. The highest BCUT2D eigenvalue weighted by Crippen LogP contribution is 2.54. The molecular weight excluding hydrogens is 382 g/mol. The Balaban J connectivity index is 1.74. The number of hydrogen-bond acceptors (Lipinski definition) is 5. The second-order valence-electron chi connectivity index (χ2n) is 8.05. The SMILES string of the molecule is CCNC(=NCc1cc(OC)c(OC)c(OC)c1)NC1CC(OCC)C12CCCC2. The molecule has 1 aromatic carbocycles. The van der Waals surface area contributed by atoms with Gasteiger partial charge in [-0.05, 0) is 50.8 Å². The average molecular weight is 420 g/mol. The van der Waals surface area contributed by atoms with Crippen molar-refractivity contribution in [1.82, 2.24) is 10.6 Å². The molecule has 7 nitrogen and oxygen atoms in total. The van der Waals surface area contributed by atoms with E-state index in [0.29, 0.717) is 35.9 Å². The van der Waals surface area contributed by atoms with E-state index in [2.05, 4.69) is 24.5 Å². The summed E-state index contributed by atoms with van der Waals surface area (Å²) in [6.07, 6.45) is 6.48. The molecule has 1 aromatic rings. The zero-order valence-corrected chi connectivity index (χ0v) is 19.0. The Morgan fingerprint density at radius 2 is 1.73 bits per heavy atom. The summed E-state index contributed by atoms with van der Waals surface area (Å²) < 4.78 is 22.4. The van der Waals surface area contributed by atoms with Crippen LogP contribution in [0, 0.1) is 5.41 Å². The van der Waals surface area contributed by atoms with Crippen molar-refractivity contribution in [3.05, 3.63) is 17.7 Å². The van der Waals surface area contributed by atoms with Crippen molar-refractivity contribution in [3.8, 4) is 17.2 Å². The first kappa shape index (κ1) is 22.5. The normalized spacial score (nSPS) is 22.5. The smallest absolute Gasteiger partial charge is 0.203 e. The number of guanidine groups is 1. The summed E-state index contributed by atoms with van der Waals surface area (Å²) in [6, 6.07) is 4.30. The Bertz CT molecular complexity index is 706. The predicted octanol–water partition coefficient (Wildman–Crippen LogP) is 3.51. The molecule has 0 heterocycles. The highest BCUT2D eigenvalue weighted by molar-refractivity contribution is 5.80. The van der Waals surface area contributed by atoms with Crippen LogP contribution in [0.2, 0.25) is 0 Å². The molecule has 2 saturated carbocycles. The van der Waals surface area contributed by atoms with Crippen molar-refractivity contribution < 1.29 is 18.9 Å². The van der Waals surface area contributed by atoms with Crippen LogP contribution in [0.4, 0.5) is 0 Å². The maximum absolute atomic E-state index is 6.05. The summed E-state index contributed by atoms with van der Waals surface area (Å²) >= 11 is 0. The van der Waals surface area contributed by atoms with E-state index in [0.717, 1.165) is 31.1 Å². The minimum absolute atomic E-state index is 0.263. The third-order valence-electron chi connectivity index (χ3n) is 6.49. The molecule has 2 aliphatic carbocycles. The quantitative estimate of drug-likeness (QED) is 0.471. The molecular formula is C23H37N3O4. The lowest BCUT2D eigenvalue weighted by atomic mass is 9.60. The Hall–Kier alpha value is -2.15. The zero-order chi connectivity index (χ0) is 21.6. The number of methoxy groups -OCH3 is 3. The van der Waals surface area contributed by atoms with E-state index in [1.54, 1.807) is 21.3 Å². The number of ether oxygens (including phenoxy) is 4. The van der Waals surface area contributed by atoms with E-state index in [1.807, 2.05) is 12.1 Å². The van der Waals surface area contributed by atoms with Gasteiger partial charge < -0.3 is 29.6 Å². The molecule has 0 aliphatic heterocycles. The van der Waals surface area contributed by atoms with Gasteiger partial charge in [0, 0.05) is 24.6 Å². The third-order valence-corrected chi connectivity index (χ3v) is 6.49. The van der Waals surface area contributed by atoms with E-state index in [4.69, 9.17) is 23.9 Å². The zero-order valence-electron chi connectivity index (χ0n) is 19.0. The molecule has 0 aromatic heterocycles. The van der Waals surface area contributed by atoms with Crippen LogP contribution in [0.25, 0.3) is 0 Å². The lowest BCUT2D eigenvalue weighted by molar-refractivity contribution is -0.125. The number of benzene rings is 1. The molecule has 0 saturated heterocycles. The van der Waals surface area contributed by atoms with Gasteiger partial charge in [-0.15, -0.1) is 0 Å². The Morgan fingerprint density at radius 3 is 2.27 bits per heavy atom. The van der Waals surface area contributed by atoms with E-state index in [9.17, 15) is 0 Å². The van der Waals surface area contributed by atoms with Gasteiger partial charge in [0.15, 0.2) is 17.5 Å². The largest absolute Gasteiger partial charge is 0.493 e. The number of hydrogen-bond donors (Lipinski definition) is 2. The van der Waals surface area contributed by atoms with Gasteiger partial charge in [0.2, 0.25) is 5.75 Å². The molecule has 3 rings (SSSR count). The van der Waals surface area contributed by atoms with Crippen molar-refractivity contribution in [2.45, 2.75) is 64.6 Å². The molecule has 7 heteroatoms. The van der Waals surface area contributed by atoms with Gasteiger partial charge in [-0.2, -0.15) is 0 Å². The van der Waals surface area contributed by atoms with Crippen molar-refractivity contribution in [3.63, 3.8) is 0 Å². The van der Waals surface area contributed by atoms with Gasteiger partial charge in [0.25, 0.3) is 0 Å². The molecule has 0 amide bonds. The van der Waals surface area contributed by atoms with E-state index in [1.165, 1.54) is 25.7 Å². The fraction of sp³-hybridized carbons (Fsp3) is 0.696. The van der Waals surface area contributed by atoms with Crippen LogP contribution in [-0.2, 0) is 11.3 Å².